The van der Waals surface area contributed by atoms with Crippen molar-refractivity contribution in [2.24, 2.45) is 4.99 Å². The smallest absolute Gasteiger partial charge is 0.395 e. The molecule has 0 radical (unpaired) electrons. The van der Waals surface area contributed by atoms with Crippen molar-refractivity contribution in [1.82, 2.24) is 4.57 Å². The topological polar surface area (TPSA) is 85.1 Å². The molecule has 1 atom stereocenters. The van der Waals surface area contributed by atoms with E-state index < -0.39 is 17.8 Å². The van der Waals surface area contributed by atoms with E-state index >= 15 is 0 Å². The SMILES string of the molecule is C/N=C\CC(O)Cn1c(C(C)(C)C)cc2cc(NC(=O)C3(c4ccc5c(c4)OC(F)(F)O5)CC3)ccc21. The van der Waals surface area contributed by atoms with Gasteiger partial charge in [-0.15, -0.1) is 8.78 Å². The molecule has 9 heteroatoms. The van der Waals surface area contributed by atoms with Crippen molar-refractivity contribution in [3.8, 4) is 11.5 Å². The third-order valence-corrected chi connectivity index (χ3v) is 7.02. The van der Waals surface area contributed by atoms with E-state index in [4.69, 9.17) is 0 Å². The number of halogens is 2. The highest BCUT2D eigenvalue weighted by atomic mass is 19.3. The molecule has 2 N–H and O–H groups in total. The van der Waals surface area contributed by atoms with Gasteiger partial charge in [-0.25, -0.2) is 0 Å². The van der Waals surface area contributed by atoms with Crippen molar-refractivity contribution < 1.29 is 28.2 Å². The second-order valence-electron chi connectivity index (χ2n) is 10.9. The van der Waals surface area contributed by atoms with Crippen molar-refractivity contribution in [2.45, 2.75) is 69.8 Å². The minimum atomic E-state index is -3.70. The molecule has 5 rings (SSSR count). The van der Waals surface area contributed by atoms with Crippen molar-refractivity contribution in [3.05, 3.63) is 53.7 Å². The molecule has 1 saturated carbocycles. The predicted octanol–water partition coefficient (Wildman–Crippen LogP) is 5.38. The number of carbonyl (C=O) groups excluding carboxylic acids is 1. The number of benzene rings is 2. The van der Waals surface area contributed by atoms with Crippen LogP contribution in [0.3, 0.4) is 0 Å². The van der Waals surface area contributed by atoms with Crippen LogP contribution in [-0.4, -0.2) is 41.2 Å². The Kier molecular flexibility index (Phi) is 6.02. The van der Waals surface area contributed by atoms with Crippen molar-refractivity contribution in [2.75, 3.05) is 12.4 Å². The summed E-state index contributed by atoms with van der Waals surface area (Å²) >= 11 is 0. The molecule has 0 saturated heterocycles. The van der Waals surface area contributed by atoms with E-state index in [-0.39, 0.29) is 22.8 Å². The molecule has 1 aromatic heterocycles. The number of aliphatic hydroxyl groups is 1. The highest BCUT2D eigenvalue weighted by Gasteiger charge is 2.52. The van der Waals surface area contributed by atoms with Gasteiger partial charge in [0.05, 0.1) is 11.5 Å². The van der Waals surface area contributed by atoms with Gasteiger partial charge in [0.15, 0.2) is 11.5 Å². The molecule has 3 aromatic rings. The van der Waals surface area contributed by atoms with Crippen LogP contribution in [0.25, 0.3) is 10.9 Å². The summed E-state index contributed by atoms with van der Waals surface area (Å²) in [5.41, 5.74) is 2.36. The van der Waals surface area contributed by atoms with Crippen LogP contribution >= 0.6 is 0 Å². The first kappa shape index (κ1) is 25.2. The fourth-order valence-electron chi connectivity index (χ4n) is 4.95. The Hall–Kier alpha value is -3.46. The monoisotopic (exact) mass is 511 g/mol. The van der Waals surface area contributed by atoms with Crippen molar-refractivity contribution in [3.63, 3.8) is 0 Å². The highest BCUT2D eigenvalue weighted by molar-refractivity contribution is 6.02. The number of aliphatic hydroxyl groups excluding tert-OH is 1. The summed E-state index contributed by atoms with van der Waals surface area (Å²) in [4.78, 5) is 17.3. The number of carbonyl (C=O) groups is 1. The Morgan fingerprint density at radius 1 is 1.16 bits per heavy atom. The maximum atomic E-state index is 13.4. The Balaban J connectivity index is 1.40. The first-order valence-electron chi connectivity index (χ1n) is 12.4. The number of aliphatic imine (C=N–C) groups is 1. The number of alkyl halides is 2. The van der Waals surface area contributed by atoms with Crippen LogP contribution in [0.5, 0.6) is 11.5 Å². The van der Waals surface area contributed by atoms with Crippen molar-refractivity contribution >= 4 is 28.7 Å². The number of rotatable bonds is 7. The van der Waals surface area contributed by atoms with Gasteiger partial charge in [-0.05, 0) is 54.8 Å². The summed E-state index contributed by atoms with van der Waals surface area (Å²) in [5.74, 6) is -0.296. The van der Waals surface area contributed by atoms with Gasteiger partial charge in [-0.3, -0.25) is 4.79 Å². The number of nitrogens with one attached hydrogen (secondary N) is 1. The molecule has 7 nitrogen and oxygen atoms in total. The number of hydrogen-bond acceptors (Lipinski definition) is 5. The van der Waals surface area contributed by atoms with Gasteiger partial charge in [0.1, 0.15) is 0 Å². The molecule has 1 fully saturated rings. The minimum absolute atomic E-state index is 0.0401. The van der Waals surface area contributed by atoms with Gasteiger partial charge >= 0.3 is 6.29 Å². The minimum Gasteiger partial charge on any atom is -0.395 e. The predicted molar refractivity (Wildman–Crippen MR) is 138 cm³/mol. The summed E-state index contributed by atoms with van der Waals surface area (Å²) in [7, 11) is 1.69. The second-order valence-corrected chi connectivity index (χ2v) is 10.9. The van der Waals surface area contributed by atoms with E-state index in [1.54, 1.807) is 19.3 Å². The van der Waals surface area contributed by atoms with Gasteiger partial charge in [-0.2, -0.15) is 0 Å². The van der Waals surface area contributed by atoms with Crippen LogP contribution in [0.15, 0.2) is 47.5 Å². The van der Waals surface area contributed by atoms with E-state index in [0.717, 1.165) is 16.6 Å². The summed E-state index contributed by atoms with van der Waals surface area (Å²) in [6.45, 7) is 6.80. The molecular weight excluding hydrogens is 480 g/mol. The molecule has 2 aliphatic rings. The van der Waals surface area contributed by atoms with E-state index in [1.807, 2.05) is 18.2 Å². The number of aromatic nitrogens is 1. The average molecular weight is 512 g/mol. The van der Waals surface area contributed by atoms with Crippen LogP contribution in [0.2, 0.25) is 0 Å². The summed E-state index contributed by atoms with van der Waals surface area (Å²) in [6.07, 6.45) is -0.872. The molecule has 37 heavy (non-hydrogen) atoms. The molecule has 1 amide bonds. The lowest BCUT2D eigenvalue weighted by Gasteiger charge is -2.23. The van der Waals surface area contributed by atoms with E-state index in [1.165, 1.54) is 12.1 Å². The van der Waals surface area contributed by atoms with Crippen LogP contribution in [0.1, 0.15) is 51.3 Å². The molecule has 1 unspecified atom stereocenters. The molecule has 1 aliphatic heterocycles. The number of fused-ring (bicyclic) bond motifs is 2. The first-order valence-corrected chi connectivity index (χ1v) is 12.4. The second kappa shape index (κ2) is 8.83. The third-order valence-electron chi connectivity index (χ3n) is 7.02. The highest BCUT2D eigenvalue weighted by Crippen LogP contribution is 2.52. The van der Waals surface area contributed by atoms with Gasteiger partial charge in [0, 0.05) is 53.9 Å². The zero-order valence-electron chi connectivity index (χ0n) is 21.3. The van der Waals surface area contributed by atoms with Crippen molar-refractivity contribution in [1.29, 1.82) is 0 Å². The maximum Gasteiger partial charge on any atom is 0.586 e. The molecule has 0 bridgehead atoms. The van der Waals surface area contributed by atoms with E-state index in [9.17, 15) is 18.7 Å². The Morgan fingerprint density at radius 3 is 2.57 bits per heavy atom. The number of anilines is 1. The number of hydrogen-bond donors (Lipinski definition) is 2. The van der Waals surface area contributed by atoms with Gasteiger partial charge < -0.3 is 29.5 Å². The average Bonchev–Trinajstić information content (AvgIpc) is 3.46. The molecule has 0 spiro atoms. The van der Waals surface area contributed by atoms with Crippen LogP contribution in [0.4, 0.5) is 14.5 Å². The first-order chi connectivity index (χ1) is 17.4. The Labute approximate surface area is 214 Å². The zero-order chi connectivity index (χ0) is 26.6. The molecule has 196 valence electrons. The lowest BCUT2D eigenvalue weighted by atomic mass is 9.92. The third kappa shape index (κ3) is 4.80. The lowest BCUT2D eigenvalue weighted by molar-refractivity contribution is -0.286. The van der Waals surface area contributed by atoms with E-state index in [0.29, 0.717) is 37.1 Å². The summed E-state index contributed by atoms with van der Waals surface area (Å²) in [5, 5.41) is 14.5. The summed E-state index contributed by atoms with van der Waals surface area (Å²) < 4.78 is 38.1. The largest absolute Gasteiger partial charge is 0.586 e. The van der Waals surface area contributed by atoms with Gasteiger partial charge in [0.25, 0.3) is 0 Å². The van der Waals surface area contributed by atoms with Gasteiger partial charge in [-0.1, -0.05) is 26.8 Å². The number of ether oxygens (including phenoxy) is 2. The molecule has 1 aliphatic carbocycles. The lowest BCUT2D eigenvalue weighted by Crippen LogP contribution is -2.28. The maximum absolute atomic E-state index is 13.4. The fourth-order valence-corrected chi connectivity index (χ4v) is 4.95. The molecule has 2 aromatic carbocycles. The normalized spacial score (nSPS) is 18.4. The van der Waals surface area contributed by atoms with Crippen LogP contribution in [-0.2, 0) is 22.2 Å². The van der Waals surface area contributed by atoms with E-state index in [2.05, 4.69) is 51.2 Å². The zero-order valence-corrected chi connectivity index (χ0v) is 21.3. The standard InChI is InChI=1S/C28H31F2N3O4/c1-26(2,3)24-14-17-13-19(6-7-21(17)33(24)16-20(34)9-12-31-4)32-25(35)27(10-11-27)18-5-8-22-23(15-18)37-28(29,30)36-22/h5-8,12-15,20,34H,9-11,16H2,1-4H3,(H,32,35)/b31-12-. The molecule has 2 heterocycles. The summed E-state index contributed by atoms with van der Waals surface area (Å²) in [6, 6.07) is 12.3. The fraction of sp³-hybridized carbons (Fsp3) is 0.429. The Morgan fingerprint density at radius 2 is 1.89 bits per heavy atom. The quantitative estimate of drug-likeness (QED) is 0.417. The van der Waals surface area contributed by atoms with Crippen LogP contribution in [0, 0.1) is 0 Å². The van der Waals surface area contributed by atoms with Crippen LogP contribution < -0.4 is 14.8 Å². The molecular formula is C28H31F2N3O4. The number of nitrogens with zero attached hydrogens (tertiary/aromatic N) is 2. The van der Waals surface area contributed by atoms with Gasteiger partial charge in [0.2, 0.25) is 5.91 Å². The Bertz CT molecular complexity index is 1390. The number of amides is 1.